The molecule has 19 heavy (non-hydrogen) atoms. The molecule has 1 fully saturated rings. The van der Waals surface area contributed by atoms with Crippen molar-refractivity contribution in [1.82, 2.24) is 4.90 Å². The Morgan fingerprint density at radius 1 is 1.16 bits per heavy atom. The summed E-state index contributed by atoms with van der Waals surface area (Å²) in [5, 5.41) is 10.8. The Bertz CT molecular complexity index is 376. The topological polar surface area (TPSA) is 23.5 Å². The van der Waals surface area contributed by atoms with Crippen molar-refractivity contribution in [3.63, 3.8) is 0 Å². The van der Waals surface area contributed by atoms with Gasteiger partial charge in [-0.15, -0.1) is 0 Å². The van der Waals surface area contributed by atoms with Gasteiger partial charge in [0.05, 0.1) is 6.10 Å². The van der Waals surface area contributed by atoms with E-state index in [0.717, 1.165) is 12.1 Å². The summed E-state index contributed by atoms with van der Waals surface area (Å²) in [7, 11) is 0. The second kappa shape index (κ2) is 6.53. The minimum absolute atomic E-state index is 0.220. The van der Waals surface area contributed by atoms with Crippen molar-refractivity contribution in [2.24, 2.45) is 5.92 Å². The maximum atomic E-state index is 10.8. The predicted molar refractivity (Wildman–Crippen MR) is 80.0 cm³/mol. The third-order valence-corrected chi connectivity index (χ3v) is 4.38. The zero-order valence-corrected chi connectivity index (χ0v) is 12.4. The fourth-order valence-electron chi connectivity index (χ4n) is 3.34. The molecule has 0 saturated carbocycles. The van der Waals surface area contributed by atoms with Gasteiger partial charge >= 0.3 is 0 Å². The van der Waals surface area contributed by atoms with Gasteiger partial charge in [-0.1, -0.05) is 50.6 Å². The smallest absolute Gasteiger partial charge is 0.0947 e. The maximum Gasteiger partial charge on any atom is 0.0947 e. The van der Waals surface area contributed by atoms with Gasteiger partial charge < -0.3 is 5.11 Å². The fraction of sp³-hybridized carbons (Fsp3) is 0.647. The molecule has 1 aliphatic heterocycles. The Morgan fingerprint density at radius 3 is 2.42 bits per heavy atom. The van der Waals surface area contributed by atoms with E-state index >= 15 is 0 Å². The van der Waals surface area contributed by atoms with Gasteiger partial charge in [0.15, 0.2) is 0 Å². The number of benzene rings is 1. The minimum atomic E-state index is -0.387. The highest BCUT2D eigenvalue weighted by Gasteiger charge is 2.33. The largest absolute Gasteiger partial charge is 0.387 e. The molecule has 0 bridgehead atoms. The Hall–Kier alpha value is -0.860. The van der Waals surface area contributed by atoms with Gasteiger partial charge in [0.2, 0.25) is 0 Å². The zero-order valence-electron chi connectivity index (χ0n) is 12.4. The molecule has 2 heteroatoms. The van der Waals surface area contributed by atoms with Gasteiger partial charge in [-0.3, -0.25) is 4.90 Å². The number of hydrogen-bond acceptors (Lipinski definition) is 2. The molecule has 2 rings (SSSR count). The summed E-state index contributed by atoms with van der Waals surface area (Å²) in [4.78, 5) is 2.52. The number of aliphatic hydroxyl groups is 1. The lowest BCUT2D eigenvalue weighted by Gasteiger charge is -2.43. The van der Waals surface area contributed by atoms with E-state index < -0.39 is 0 Å². The van der Waals surface area contributed by atoms with E-state index in [-0.39, 0.29) is 12.1 Å². The molecule has 0 aliphatic carbocycles. The van der Waals surface area contributed by atoms with Crippen LogP contribution < -0.4 is 0 Å². The van der Waals surface area contributed by atoms with Crippen LogP contribution in [0.2, 0.25) is 0 Å². The number of aliphatic hydroxyl groups excluding tert-OH is 1. The van der Waals surface area contributed by atoms with Gasteiger partial charge in [0.25, 0.3) is 0 Å². The van der Waals surface area contributed by atoms with Crippen molar-refractivity contribution in [1.29, 1.82) is 0 Å². The molecule has 0 spiro atoms. The molecule has 1 N–H and O–H groups in total. The first kappa shape index (κ1) is 14.5. The number of likely N-dealkylation sites (tertiary alicyclic amines) is 1. The highest BCUT2D eigenvalue weighted by Crippen LogP contribution is 2.31. The first-order valence-corrected chi connectivity index (χ1v) is 7.60. The van der Waals surface area contributed by atoms with E-state index in [1.165, 1.54) is 19.3 Å². The van der Waals surface area contributed by atoms with E-state index in [1.807, 2.05) is 30.3 Å². The van der Waals surface area contributed by atoms with E-state index in [9.17, 15) is 5.11 Å². The van der Waals surface area contributed by atoms with Crippen LogP contribution in [0.5, 0.6) is 0 Å². The minimum Gasteiger partial charge on any atom is -0.387 e. The van der Waals surface area contributed by atoms with Gasteiger partial charge in [-0.05, 0) is 37.8 Å². The number of piperidine rings is 1. The molecule has 0 amide bonds. The van der Waals surface area contributed by atoms with Crippen molar-refractivity contribution < 1.29 is 5.11 Å². The summed E-state index contributed by atoms with van der Waals surface area (Å²) in [5.74, 6) is 0.454. The maximum absolute atomic E-state index is 10.8. The summed E-state index contributed by atoms with van der Waals surface area (Å²) in [5.41, 5.74) is 1.04. The lowest BCUT2D eigenvalue weighted by Crippen LogP contribution is -2.50. The highest BCUT2D eigenvalue weighted by molar-refractivity contribution is 5.19. The van der Waals surface area contributed by atoms with E-state index in [0.29, 0.717) is 12.0 Å². The monoisotopic (exact) mass is 261 g/mol. The third-order valence-electron chi connectivity index (χ3n) is 4.38. The summed E-state index contributed by atoms with van der Waals surface area (Å²) in [6.45, 7) is 7.86. The van der Waals surface area contributed by atoms with Crippen LogP contribution in [0.15, 0.2) is 30.3 Å². The van der Waals surface area contributed by atoms with Crippen LogP contribution in [0.3, 0.4) is 0 Å². The van der Waals surface area contributed by atoms with Crippen LogP contribution in [0.1, 0.15) is 51.7 Å². The molecule has 3 unspecified atom stereocenters. The summed E-state index contributed by atoms with van der Waals surface area (Å²) in [6, 6.07) is 10.9. The molecule has 3 atom stereocenters. The third kappa shape index (κ3) is 3.37. The summed E-state index contributed by atoms with van der Waals surface area (Å²) < 4.78 is 0. The van der Waals surface area contributed by atoms with E-state index in [2.05, 4.69) is 25.7 Å². The van der Waals surface area contributed by atoms with Crippen molar-refractivity contribution >= 4 is 0 Å². The Kier molecular flexibility index (Phi) is 5.00. The second-order valence-electron chi connectivity index (χ2n) is 6.17. The van der Waals surface area contributed by atoms with Gasteiger partial charge in [0.1, 0.15) is 0 Å². The Labute approximate surface area is 117 Å². The standard InChI is InChI=1S/C17H27NO/c1-13(2)16(18-12-8-7-9-14(18)3)17(19)15-10-5-4-6-11-15/h4-6,10-11,13-14,16-17,19H,7-9,12H2,1-3H3. The molecule has 0 aromatic heterocycles. The molecule has 0 radical (unpaired) electrons. The number of hydrogen-bond donors (Lipinski definition) is 1. The molecule has 1 heterocycles. The second-order valence-corrected chi connectivity index (χ2v) is 6.17. The normalized spacial score (nSPS) is 24.4. The van der Waals surface area contributed by atoms with Crippen molar-refractivity contribution in [2.75, 3.05) is 6.54 Å². The highest BCUT2D eigenvalue weighted by atomic mass is 16.3. The summed E-state index contributed by atoms with van der Waals surface area (Å²) >= 11 is 0. The summed E-state index contributed by atoms with van der Waals surface area (Å²) in [6.07, 6.45) is 3.45. The Morgan fingerprint density at radius 2 is 1.84 bits per heavy atom. The number of nitrogens with zero attached hydrogens (tertiary/aromatic N) is 1. The molecular weight excluding hydrogens is 234 g/mol. The van der Waals surface area contributed by atoms with Gasteiger partial charge in [-0.25, -0.2) is 0 Å². The molecule has 106 valence electrons. The first-order chi connectivity index (χ1) is 9.11. The molecule has 1 aromatic rings. The quantitative estimate of drug-likeness (QED) is 0.895. The predicted octanol–water partition coefficient (Wildman–Crippen LogP) is 3.62. The molecule has 1 saturated heterocycles. The van der Waals surface area contributed by atoms with Crippen LogP contribution in [0.25, 0.3) is 0 Å². The van der Waals surface area contributed by atoms with Crippen LogP contribution in [-0.2, 0) is 0 Å². The lowest BCUT2D eigenvalue weighted by molar-refractivity contribution is -0.0113. The van der Waals surface area contributed by atoms with Crippen LogP contribution in [0.4, 0.5) is 0 Å². The first-order valence-electron chi connectivity index (χ1n) is 7.60. The fourth-order valence-corrected chi connectivity index (χ4v) is 3.34. The van der Waals surface area contributed by atoms with Crippen LogP contribution >= 0.6 is 0 Å². The number of rotatable bonds is 4. The van der Waals surface area contributed by atoms with Crippen molar-refractivity contribution in [3.05, 3.63) is 35.9 Å². The van der Waals surface area contributed by atoms with Crippen molar-refractivity contribution in [3.8, 4) is 0 Å². The SMILES string of the molecule is CC(C)C(C(O)c1ccccc1)N1CCCCC1C. The molecule has 1 aromatic carbocycles. The van der Waals surface area contributed by atoms with E-state index in [4.69, 9.17) is 0 Å². The molecule has 2 nitrogen and oxygen atoms in total. The molecule has 1 aliphatic rings. The van der Waals surface area contributed by atoms with Crippen LogP contribution in [-0.4, -0.2) is 28.6 Å². The molecular formula is C17H27NO. The van der Waals surface area contributed by atoms with Gasteiger partial charge in [0, 0.05) is 12.1 Å². The van der Waals surface area contributed by atoms with Gasteiger partial charge in [-0.2, -0.15) is 0 Å². The van der Waals surface area contributed by atoms with Crippen LogP contribution in [0, 0.1) is 5.92 Å². The lowest BCUT2D eigenvalue weighted by atomic mass is 9.88. The van der Waals surface area contributed by atoms with Crippen molar-refractivity contribution in [2.45, 2.75) is 58.2 Å². The van der Waals surface area contributed by atoms with E-state index in [1.54, 1.807) is 0 Å². The average Bonchev–Trinajstić information content (AvgIpc) is 2.42. The average molecular weight is 261 g/mol. The zero-order chi connectivity index (χ0) is 13.8. The Balaban J connectivity index is 2.20.